The van der Waals surface area contributed by atoms with E-state index in [4.69, 9.17) is 0 Å². The van der Waals surface area contributed by atoms with Crippen molar-refractivity contribution in [3.05, 3.63) is 30.6 Å². The van der Waals surface area contributed by atoms with Crippen molar-refractivity contribution in [2.75, 3.05) is 22.5 Å². The second-order valence-electron chi connectivity index (χ2n) is 5.57. The number of carbonyl (C=O) groups excluding carboxylic acids is 2. The summed E-state index contributed by atoms with van der Waals surface area (Å²) in [5.41, 5.74) is 1.62. The Kier molecular flexibility index (Phi) is 5.14. The van der Waals surface area contributed by atoms with Crippen LogP contribution in [-0.4, -0.2) is 38.9 Å². The standard InChI is InChI=1S/C16H19N5O2S/c1-20-11-17-19-16(20)24-10-8-14(22)18-12-4-6-13(7-5-12)21-9-2-3-15(21)23/h4-7,11H,2-3,8-10H2,1H3,(H,18,22). The monoisotopic (exact) mass is 345 g/mol. The molecule has 3 rings (SSSR count). The van der Waals surface area contributed by atoms with E-state index in [1.807, 2.05) is 35.9 Å². The van der Waals surface area contributed by atoms with Crippen LogP contribution in [0.4, 0.5) is 11.4 Å². The third kappa shape index (κ3) is 3.94. The molecule has 7 nitrogen and oxygen atoms in total. The molecule has 1 fully saturated rings. The minimum Gasteiger partial charge on any atom is -0.326 e. The van der Waals surface area contributed by atoms with Crippen LogP contribution < -0.4 is 10.2 Å². The van der Waals surface area contributed by atoms with Gasteiger partial charge in [0, 0.05) is 43.6 Å². The number of carbonyl (C=O) groups is 2. The van der Waals surface area contributed by atoms with Crippen molar-refractivity contribution in [1.82, 2.24) is 14.8 Å². The Morgan fingerprint density at radius 1 is 1.33 bits per heavy atom. The Hall–Kier alpha value is -2.35. The molecule has 0 atom stereocenters. The lowest BCUT2D eigenvalue weighted by atomic mass is 10.2. The Labute approximate surface area is 144 Å². The van der Waals surface area contributed by atoms with Crippen molar-refractivity contribution in [3.8, 4) is 0 Å². The van der Waals surface area contributed by atoms with Crippen LogP contribution >= 0.6 is 11.8 Å². The normalized spacial score (nSPS) is 14.2. The summed E-state index contributed by atoms with van der Waals surface area (Å²) in [6.07, 6.45) is 3.54. The fourth-order valence-corrected chi connectivity index (χ4v) is 3.33. The highest BCUT2D eigenvalue weighted by atomic mass is 32.2. The van der Waals surface area contributed by atoms with Crippen molar-refractivity contribution in [1.29, 1.82) is 0 Å². The minimum atomic E-state index is -0.0466. The SMILES string of the molecule is Cn1cnnc1SCCC(=O)Nc1ccc(N2CCCC2=O)cc1. The average Bonchev–Trinajstić information content (AvgIpc) is 3.17. The molecule has 8 heteroatoms. The predicted molar refractivity (Wildman–Crippen MR) is 93.0 cm³/mol. The van der Waals surface area contributed by atoms with Gasteiger partial charge in [-0.05, 0) is 30.7 Å². The number of hydrogen-bond donors (Lipinski definition) is 1. The topological polar surface area (TPSA) is 80.1 Å². The van der Waals surface area contributed by atoms with Gasteiger partial charge in [-0.25, -0.2) is 0 Å². The summed E-state index contributed by atoms with van der Waals surface area (Å²) in [5.74, 6) is 0.751. The number of benzene rings is 1. The molecule has 2 aromatic rings. The molecular formula is C16H19N5O2S. The van der Waals surface area contributed by atoms with Crippen molar-refractivity contribution in [3.63, 3.8) is 0 Å². The van der Waals surface area contributed by atoms with Gasteiger partial charge in [0.25, 0.3) is 0 Å². The van der Waals surface area contributed by atoms with Crippen LogP contribution in [-0.2, 0) is 16.6 Å². The number of amides is 2. The van der Waals surface area contributed by atoms with Crippen LogP contribution in [0.25, 0.3) is 0 Å². The number of aromatic nitrogens is 3. The predicted octanol–water partition coefficient (Wildman–Crippen LogP) is 2.06. The molecule has 126 valence electrons. The van der Waals surface area contributed by atoms with Crippen molar-refractivity contribution >= 4 is 35.0 Å². The summed E-state index contributed by atoms with van der Waals surface area (Å²) in [5, 5.41) is 11.4. The fourth-order valence-electron chi connectivity index (χ4n) is 2.51. The zero-order valence-electron chi connectivity index (χ0n) is 13.4. The van der Waals surface area contributed by atoms with Gasteiger partial charge in [0.15, 0.2) is 5.16 Å². The number of thioether (sulfide) groups is 1. The molecule has 24 heavy (non-hydrogen) atoms. The summed E-state index contributed by atoms with van der Waals surface area (Å²) in [4.78, 5) is 25.5. The van der Waals surface area contributed by atoms with E-state index in [0.717, 1.165) is 29.5 Å². The Morgan fingerprint density at radius 2 is 2.12 bits per heavy atom. The number of nitrogens with zero attached hydrogens (tertiary/aromatic N) is 4. The van der Waals surface area contributed by atoms with Crippen LogP contribution in [0.5, 0.6) is 0 Å². The van der Waals surface area contributed by atoms with Gasteiger partial charge in [-0.1, -0.05) is 11.8 Å². The van der Waals surface area contributed by atoms with Crippen LogP contribution in [0.2, 0.25) is 0 Å². The van der Waals surface area contributed by atoms with Crippen molar-refractivity contribution in [2.45, 2.75) is 24.4 Å². The molecule has 0 spiro atoms. The molecule has 0 bridgehead atoms. The molecule has 0 saturated carbocycles. The molecule has 2 heterocycles. The van der Waals surface area contributed by atoms with Gasteiger partial charge in [0.2, 0.25) is 11.8 Å². The molecule has 0 radical (unpaired) electrons. The largest absolute Gasteiger partial charge is 0.326 e. The van der Waals surface area contributed by atoms with E-state index in [1.54, 1.807) is 11.2 Å². The van der Waals surface area contributed by atoms with Crippen LogP contribution in [0, 0.1) is 0 Å². The van der Waals surface area contributed by atoms with Gasteiger partial charge in [-0.15, -0.1) is 10.2 Å². The van der Waals surface area contributed by atoms with E-state index in [9.17, 15) is 9.59 Å². The lowest BCUT2D eigenvalue weighted by Gasteiger charge is -2.16. The maximum absolute atomic E-state index is 12.0. The lowest BCUT2D eigenvalue weighted by molar-refractivity contribution is -0.117. The minimum absolute atomic E-state index is 0.0466. The third-order valence-corrected chi connectivity index (χ3v) is 4.80. The first-order valence-electron chi connectivity index (χ1n) is 7.80. The van der Waals surface area contributed by atoms with E-state index >= 15 is 0 Å². The second kappa shape index (κ2) is 7.48. The summed E-state index contributed by atoms with van der Waals surface area (Å²) >= 11 is 1.50. The molecule has 1 aromatic heterocycles. The number of rotatable bonds is 6. The first-order chi connectivity index (χ1) is 11.6. The molecule has 2 amide bonds. The first kappa shape index (κ1) is 16.5. The van der Waals surface area contributed by atoms with E-state index in [-0.39, 0.29) is 11.8 Å². The van der Waals surface area contributed by atoms with Gasteiger partial charge in [0.05, 0.1) is 0 Å². The smallest absolute Gasteiger partial charge is 0.227 e. The van der Waals surface area contributed by atoms with Gasteiger partial charge in [-0.3, -0.25) is 9.59 Å². The highest BCUT2D eigenvalue weighted by Crippen LogP contribution is 2.23. The van der Waals surface area contributed by atoms with Crippen molar-refractivity contribution in [2.24, 2.45) is 7.05 Å². The van der Waals surface area contributed by atoms with E-state index in [2.05, 4.69) is 15.5 Å². The molecule has 1 aliphatic rings. The van der Waals surface area contributed by atoms with Gasteiger partial charge >= 0.3 is 0 Å². The van der Waals surface area contributed by atoms with Gasteiger partial charge < -0.3 is 14.8 Å². The molecule has 1 saturated heterocycles. The Bertz CT molecular complexity index is 728. The second-order valence-corrected chi connectivity index (χ2v) is 6.63. The van der Waals surface area contributed by atoms with Gasteiger partial charge in [0.1, 0.15) is 6.33 Å². The van der Waals surface area contributed by atoms with E-state index in [0.29, 0.717) is 18.6 Å². The summed E-state index contributed by atoms with van der Waals surface area (Å²) in [7, 11) is 1.87. The lowest BCUT2D eigenvalue weighted by Crippen LogP contribution is -2.23. The van der Waals surface area contributed by atoms with Crippen LogP contribution in [0.1, 0.15) is 19.3 Å². The zero-order chi connectivity index (χ0) is 16.9. The molecule has 0 aliphatic carbocycles. The summed E-state index contributed by atoms with van der Waals surface area (Å²) < 4.78 is 1.82. The fraction of sp³-hybridized carbons (Fsp3) is 0.375. The highest BCUT2D eigenvalue weighted by molar-refractivity contribution is 7.99. The molecule has 1 aromatic carbocycles. The molecule has 0 unspecified atom stereocenters. The molecule has 1 aliphatic heterocycles. The highest BCUT2D eigenvalue weighted by Gasteiger charge is 2.21. The number of nitrogens with one attached hydrogen (secondary N) is 1. The number of anilines is 2. The average molecular weight is 345 g/mol. The van der Waals surface area contributed by atoms with E-state index in [1.165, 1.54) is 11.8 Å². The van der Waals surface area contributed by atoms with Crippen molar-refractivity contribution < 1.29 is 9.59 Å². The molecular weight excluding hydrogens is 326 g/mol. The van der Waals surface area contributed by atoms with E-state index < -0.39 is 0 Å². The number of aryl methyl sites for hydroxylation is 1. The Morgan fingerprint density at radius 3 is 2.75 bits per heavy atom. The quantitative estimate of drug-likeness (QED) is 0.811. The summed E-state index contributed by atoms with van der Waals surface area (Å²) in [6.45, 7) is 0.768. The maximum Gasteiger partial charge on any atom is 0.227 e. The van der Waals surface area contributed by atoms with Crippen LogP contribution in [0.3, 0.4) is 0 Å². The third-order valence-electron chi connectivity index (χ3n) is 3.77. The summed E-state index contributed by atoms with van der Waals surface area (Å²) in [6, 6.07) is 7.39. The molecule has 1 N–H and O–H groups in total. The van der Waals surface area contributed by atoms with Gasteiger partial charge in [-0.2, -0.15) is 0 Å². The zero-order valence-corrected chi connectivity index (χ0v) is 14.3. The number of hydrogen-bond acceptors (Lipinski definition) is 5. The Balaban J connectivity index is 1.47. The maximum atomic E-state index is 12.0. The van der Waals surface area contributed by atoms with Crippen LogP contribution in [0.15, 0.2) is 35.7 Å². The first-order valence-corrected chi connectivity index (χ1v) is 8.79.